The highest BCUT2D eigenvalue weighted by molar-refractivity contribution is 4.83. The molecular formula is C11H23NO. The summed E-state index contributed by atoms with van der Waals surface area (Å²) in [5.41, 5.74) is -0.574. The van der Waals surface area contributed by atoms with Crippen molar-refractivity contribution in [3.8, 4) is 0 Å². The van der Waals surface area contributed by atoms with Gasteiger partial charge >= 0.3 is 0 Å². The summed E-state index contributed by atoms with van der Waals surface area (Å²) in [6.45, 7) is 9.63. The molecule has 78 valence electrons. The van der Waals surface area contributed by atoms with Crippen molar-refractivity contribution in [2.75, 3.05) is 13.1 Å². The van der Waals surface area contributed by atoms with Crippen LogP contribution in [0.1, 0.15) is 34.1 Å². The van der Waals surface area contributed by atoms with Crippen LogP contribution in [0.3, 0.4) is 0 Å². The molecule has 0 amide bonds. The van der Waals surface area contributed by atoms with Crippen molar-refractivity contribution in [2.45, 2.75) is 39.7 Å². The van der Waals surface area contributed by atoms with E-state index in [4.69, 9.17) is 0 Å². The topological polar surface area (TPSA) is 32.3 Å². The first-order valence-electron chi connectivity index (χ1n) is 5.02. The van der Waals surface area contributed by atoms with E-state index in [0.29, 0.717) is 12.5 Å². The van der Waals surface area contributed by atoms with Gasteiger partial charge in [-0.15, -0.1) is 0 Å². The second-order valence-corrected chi connectivity index (χ2v) is 4.29. The molecule has 2 nitrogen and oxygen atoms in total. The molecule has 1 atom stereocenters. The molecule has 0 saturated heterocycles. The Morgan fingerprint density at radius 1 is 1.46 bits per heavy atom. The Bertz CT molecular complexity index is 150. The summed E-state index contributed by atoms with van der Waals surface area (Å²) >= 11 is 0. The second-order valence-electron chi connectivity index (χ2n) is 4.29. The summed E-state index contributed by atoms with van der Waals surface area (Å²) in [5, 5.41) is 13.1. The summed E-state index contributed by atoms with van der Waals surface area (Å²) in [6.07, 6.45) is 4.89. The molecule has 0 aliphatic heterocycles. The molecule has 0 rings (SSSR count). The van der Waals surface area contributed by atoms with E-state index in [1.165, 1.54) is 0 Å². The van der Waals surface area contributed by atoms with Crippen LogP contribution in [0.4, 0.5) is 0 Å². The molecule has 0 radical (unpaired) electrons. The van der Waals surface area contributed by atoms with Crippen molar-refractivity contribution in [2.24, 2.45) is 5.92 Å². The summed E-state index contributed by atoms with van der Waals surface area (Å²) in [7, 11) is 0. The number of hydrogen-bond donors (Lipinski definition) is 2. The van der Waals surface area contributed by atoms with Crippen molar-refractivity contribution in [1.29, 1.82) is 0 Å². The first kappa shape index (κ1) is 12.7. The van der Waals surface area contributed by atoms with E-state index in [-0.39, 0.29) is 0 Å². The van der Waals surface area contributed by atoms with Crippen molar-refractivity contribution in [3.63, 3.8) is 0 Å². The van der Waals surface area contributed by atoms with E-state index in [9.17, 15) is 5.11 Å². The van der Waals surface area contributed by atoms with E-state index in [0.717, 1.165) is 13.0 Å². The second kappa shape index (κ2) is 6.17. The lowest BCUT2D eigenvalue weighted by Gasteiger charge is -2.25. The van der Waals surface area contributed by atoms with Crippen LogP contribution in [0, 0.1) is 5.92 Å². The fourth-order valence-corrected chi connectivity index (χ4v) is 1.49. The van der Waals surface area contributed by atoms with Gasteiger partial charge in [0.1, 0.15) is 0 Å². The minimum atomic E-state index is -0.574. The molecule has 0 aromatic rings. The molecule has 0 aromatic carbocycles. The molecule has 0 saturated carbocycles. The third-order valence-corrected chi connectivity index (χ3v) is 1.85. The SMILES string of the molecule is C/C=C/CNCC(C)(O)CC(C)C. The summed E-state index contributed by atoms with van der Waals surface area (Å²) < 4.78 is 0. The molecule has 0 bridgehead atoms. The molecular weight excluding hydrogens is 162 g/mol. The van der Waals surface area contributed by atoms with E-state index in [1.54, 1.807) is 0 Å². The highest BCUT2D eigenvalue weighted by Gasteiger charge is 2.20. The highest BCUT2D eigenvalue weighted by Crippen LogP contribution is 2.14. The van der Waals surface area contributed by atoms with Crippen LogP contribution in [-0.4, -0.2) is 23.8 Å². The Morgan fingerprint density at radius 2 is 2.08 bits per heavy atom. The maximum atomic E-state index is 9.90. The molecule has 1 unspecified atom stereocenters. The largest absolute Gasteiger partial charge is 0.389 e. The van der Waals surface area contributed by atoms with Crippen LogP contribution in [0.5, 0.6) is 0 Å². The van der Waals surface area contributed by atoms with Crippen molar-refractivity contribution >= 4 is 0 Å². The van der Waals surface area contributed by atoms with Crippen molar-refractivity contribution in [1.82, 2.24) is 5.32 Å². The van der Waals surface area contributed by atoms with Crippen LogP contribution < -0.4 is 5.32 Å². The third-order valence-electron chi connectivity index (χ3n) is 1.85. The van der Waals surface area contributed by atoms with Crippen LogP contribution in [0.2, 0.25) is 0 Å². The fraction of sp³-hybridized carbons (Fsp3) is 0.818. The molecule has 0 aliphatic rings. The minimum Gasteiger partial charge on any atom is -0.389 e. The summed E-state index contributed by atoms with van der Waals surface area (Å²) in [5.74, 6) is 0.540. The van der Waals surface area contributed by atoms with E-state index >= 15 is 0 Å². The molecule has 0 spiro atoms. The molecule has 0 fully saturated rings. The van der Waals surface area contributed by atoms with Gasteiger partial charge < -0.3 is 10.4 Å². The Balaban J connectivity index is 3.62. The Labute approximate surface area is 82.0 Å². The first-order chi connectivity index (χ1) is 5.98. The lowest BCUT2D eigenvalue weighted by Crippen LogP contribution is -2.38. The van der Waals surface area contributed by atoms with Gasteiger partial charge in [0.25, 0.3) is 0 Å². The van der Waals surface area contributed by atoms with Crippen LogP contribution in [0.25, 0.3) is 0 Å². The summed E-state index contributed by atoms with van der Waals surface area (Å²) in [4.78, 5) is 0. The van der Waals surface area contributed by atoms with Crippen LogP contribution in [0.15, 0.2) is 12.2 Å². The van der Waals surface area contributed by atoms with Gasteiger partial charge in [0.2, 0.25) is 0 Å². The zero-order valence-electron chi connectivity index (χ0n) is 9.30. The zero-order chi connectivity index (χ0) is 10.3. The predicted octanol–water partition coefficient (Wildman–Crippen LogP) is 1.95. The first-order valence-corrected chi connectivity index (χ1v) is 5.02. The van der Waals surface area contributed by atoms with Crippen LogP contribution >= 0.6 is 0 Å². The van der Waals surface area contributed by atoms with E-state index < -0.39 is 5.60 Å². The Hall–Kier alpha value is -0.340. The van der Waals surface area contributed by atoms with Crippen LogP contribution in [-0.2, 0) is 0 Å². The molecule has 0 heterocycles. The van der Waals surface area contributed by atoms with Gasteiger partial charge in [0, 0.05) is 13.1 Å². The number of aliphatic hydroxyl groups is 1. The smallest absolute Gasteiger partial charge is 0.0746 e. The molecule has 2 heteroatoms. The number of hydrogen-bond acceptors (Lipinski definition) is 2. The number of rotatable bonds is 6. The quantitative estimate of drug-likeness (QED) is 0.489. The maximum Gasteiger partial charge on any atom is 0.0746 e. The number of nitrogens with one attached hydrogen (secondary N) is 1. The summed E-state index contributed by atoms with van der Waals surface area (Å²) in [6, 6.07) is 0. The van der Waals surface area contributed by atoms with Gasteiger partial charge in [-0.1, -0.05) is 26.0 Å². The van der Waals surface area contributed by atoms with Gasteiger partial charge in [-0.3, -0.25) is 0 Å². The average molecular weight is 185 g/mol. The van der Waals surface area contributed by atoms with Crippen molar-refractivity contribution in [3.05, 3.63) is 12.2 Å². The minimum absolute atomic E-state index is 0.540. The van der Waals surface area contributed by atoms with Gasteiger partial charge in [0.15, 0.2) is 0 Å². The Morgan fingerprint density at radius 3 is 2.54 bits per heavy atom. The monoisotopic (exact) mass is 185 g/mol. The molecule has 0 aliphatic carbocycles. The molecule has 0 aromatic heterocycles. The molecule has 13 heavy (non-hydrogen) atoms. The average Bonchev–Trinajstić information content (AvgIpc) is 1.95. The lowest BCUT2D eigenvalue weighted by molar-refractivity contribution is 0.0395. The standard InChI is InChI=1S/C11H23NO/c1-5-6-7-12-9-11(4,13)8-10(2)3/h5-6,10,12-13H,7-9H2,1-4H3/b6-5+. The number of allylic oxidation sites excluding steroid dienone is 1. The third kappa shape index (κ3) is 8.00. The van der Waals surface area contributed by atoms with Gasteiger partial charge in [-0.25, -0.2) is 0 Å². The van der Waals surface area contributed by atoms with Crippen molar-refractivity contribution < 1.29 is 5.11 Å². The normalized spacial score (nSPS) is 16.8. The zero-order valence-corrected chi connectivity index (χ0v) is 9.30. The van der Waals surface area contributed by atoms with E-state index in [2.05, 4.69) is 19.2 Å². The fourth-order valence-electron chi connectivity index (χ4n) is 1.49. The Kier molecular flexibility index (Phi) is 6.00. The lowest BCUT2D eigenvalue weighted by atomic mass is 9.94. The molecule has 2 N–H and O–H groups in total. The maximum absolute atomic E-state index is 9.90. The predicted molar refractivity (Wildman–Crippen MR) is 57.8 cm³/mol. The highest BCUT2D eigenvalue weighted by atomic mass is 16.3. The van der Waals surface area contributed by atoms with Gasteiger partial charge in [-0.2, -0.15) is 0 Å². The van der Waals surface area contributed by atoms with Gasteiger partial charge in [-0.05, 0) is 26.2 Å². The van der Waals surface area contributed by atoms with E-state index in [1.807, 2.05) is 26.0 Å². The van der Waals surface area contributed by atoms with Gasteiger partial charge in [0.05, 0.1) is 5.60 Å².